The quantitative estimate of drug-likeness (QED) is 0.910. The molecule has 0 amide bonds. The molecule has 1 aromatic carbocycles. The molecule has 3 nitrogen and oxygen atoms in total. The standard InChI is InChI=1S/C14H21BrClN3/c1-18(2)11-5-6-19(9-11)14(8-17)12-7-10(15)3-4-13(12)16/h3-4,7,11,14H,5-6,8-9,17H2,1-2H3. The van der Waals surface area contributed by atoms with Crippen LogP contribution in [0.1, 0.15) is 18.0 Å². The van der Waals surface area contributed by atoms with Crippen LogP contribution >= 0.6 is 27.5 Å². The lowest BCUT2D eigenvalue weighted by Gasteiger charge is -2.29. The highest BCUT2D eigenvalue weighted by molar-refractivity contribution is 9.10. The molecule has 0 aromatic heterocycles. The van der Waals surface area contributed by atoms with Gasteiger partial charge in [0, 0.05) is 41.2 Å². The highest BCUT2D eigenvalue weighted by atomic mass is 79.9. The van der Waals surface area contributed by atoms with E-state index < -0.39 is 0 Å². The van der Waals surface area contributed by atoms with Gasteiger partial charge in [0.2, 0.25) is 0 Å². The van der Waals surface area contributed by atoms with Crippen molar-refractivity contribution in [3.63, 3.8) is 0 Å². The smallest absolute Gasteiger partial charge is 0.0486 e. The Labute approximate surface area is 128 Å². The van der Waals surface area contributed by atoms with Gasteiger partial charge in [-0.05, 0) is 44.3 Å². The first-order valence-corrected chi connectivity index (χ1v) is 7.75. The van der Waals surface area contributed by atoms with Crippen molar-refractivity contribution in [1.29, 1.82) is 0 Å². The van der Waals surface area contributed by atoms with Crippen LogP contribution in [0.5, 0.6) is 0 Å². The van der Waals surface area contributed by atoms with E-state index in [1.54, 1.807) is 0 Å². The van der Waals surface area contributed by atoms with Gasteiger partial charge in [-0.2, -0.15) is 0 Å². The highest BCUT2D eigenvalue weighted by Gasteiger charge is 2.30. The molecular weight excluding hydrogens is 326 g/mol. The summed E-state index contributed by atoms with van der Waals surface area (Å²) in [5.41, 5.74) is 7.12. The number of hydrogen-bond acceptors (Lipinski definition) is 3. The summed E-state index contributed by atoms with van der Waals surface area (Å²) in [6.45, 7) is 2.72. The molecule has 0 aliphatic carbocycles. The van der Waals surface area contributed by atoms with Gasteiger partial charge in [0.25, 0.3) is 0 Å². The number of halogens is 2. The number of hydrogen-bond donors (Lipinski definition) is 1. The predicted octanol–water partition coefficient (Wildman–Crippen LogP) is 2.74. The molecule has 2 N–H and O–H groups in total. The van der Waals surface area contributed by atoms with Crippen molar-refractivity contribution >= 4 is 27.5 Å². The molecule has 1 saturated heterocycles. The molecule has 2 rings (SSSR count). The first-order chi connectivity index (χ1) is 9.02. The molecule has 2 atom stereocenters. The summed E-state index contributed by atoms with van der Waals surface area (Å²) in [6.07, 6.45) is 1.19. The maximum absolute atomic E-state index is 6.33. The van der Waals surface area contributed by atoms with Crippen molar-refractivity contribution in [3.8, 4) is 0 Å². The lowest BCUT2D eigenvalue weighted by molar-refractivity contribution is 0.220. The van der Waals surface area contributed by atoms with E-state index in [-0.39, 0.29) is 6.04 Å². The fourth-order valence-electron chi connectivity index (χ4n) is 2.72. The number of nitrogens with zero attached hydrogens (tertiary/aromatic N) is 2. The van der Waals surface area contributed by atoms with Crippen LogP contribution in [-0.2, 0) is 0 Å². The molecule has 1 aromatic rings. The average molecular weight is 347 g/mol. The predicted molar refractivity (Wildman–Crippen MR) is 84.6 cm³/mol. The molecule has 5 heteroatoms. The van der Waals surface area contributed by atoms with Crippen molar-refractivity contribution in [2.75, 3.05) is 33.7 Å². The number of benzene rings is 1. The van der Waals surface area contributed by atoms with E-state index >= 15 is 0 Å². The zero-order valence-electron chi connectivity index (χ0n) is 11.4. The minimum absolute atomic E-state index is 0.204. The molecule has 2 unspecified atom stereocenters. The fourth-order valence-corrected chi connectivity index (χ4v) is 3.34. The van der Waals surface area contributed by atoms with E-state index in [2.05, 4.69) is 45.9 Å². The third-order valence-corrected chi connectivity index (χ3v) is 4.74. The third-order valence-electron chi connectivity index (χ3n) is 3.91. The zero-order valence-corrected chi connectivity index (χ0v) is 13.8. The minimum atomic E-state index is 0.204. The Balaban J connectivity index is 2.19. The Kier molecular flexibility index (Phi) is 5.26. The summed E-state index contributed by atoms with van der Waals surface area (Å²) in [4.78, 5) is 4.73. The van der Waals surface area contributed by atoms with Gasteiger partial charge < -0.3 is 10.6 Å². The van der Waals surface area contributed by atoms with E-state index in [0.29, 0.717) is 12.6 Å². The fraction of sp³-hybridized carbons (Fsp3) is 0.571. The molecule has 1 heterocycles. The second-order valence-electron chi connectivity index (χ2n) is 5.32. The molecule has 0 radical (unpaired) electrons. The third kappa shape index (κ3) is 3.50. The van der Waals surface area contributed by atoms with Gasteiger partial charge in [-0.3, -0.25) is 4.90 Å². The van der Waals surface area contributed by atoms with Crippen LogP contribution in [0.3, 0.4) is 0 Å². The molecule has 0 saturated carbocycles. The van der Waals surface area contributed by atoms with Gasteiger partial charge in [0.1, 0.15) is 0 Å². The summed E-state index contributed by atoms with van der Waals surface area (Å²) in [7, 11) is 4.27. The zero-order chi connectivity index (χ0) is 14.0. The van der Waals surface area contributed by atoms with Gasteiger partial charge in [0.15, 0.2) is 0 Å². The van der Waals surface area contributed by atoms with Crippen molar-refractivity contribution in [1.82, 2.24) is 9.80 Å². The van der Waals surface area contributed by atoms with Crippen LogP contribution in [-0.4, -0.2) is 49.6 Å². The largest absolute Gasteiger partial charge is 0.329 e. The normalized spacial score (nSPS) is 22.1. The van der Waals surface area contributed by atoms with Crippen molar-refractivity contribution in [3.05, 3.63) is 33.3 Å². The molecule has 0 bridgehead atoms. The van der Waals surface area contributed by atoms with E-state index in [1.807, 2.05) is 12.1 Å². The van der Waals surface area contributed by atoms with Crippen molar-refractivity contribution in [2.45, 2.75) is 18.5 Å². The topological polar surface area (TPSA) is 32.5 Å². The SMILES string of the molecule is CN(C)C1CCN(C(CN)c2cc(Br)ccc2Cl)C1. The molecule has 1 aliphatic rings. The van der Waals surface area contributed by atoms with Crippen LogP contribution in [0.2, 0.25) is 5.02 Å². The summed E-state index contributed by atoms with van der Waals surface area (Å²) in [5, 5.41) is 0.798. The van der Waals surface area contributed by atoms with Gasteiger partial charge >= 0.3 is 0 Å². The monoisotopic (exact) mass is 345 g/mol. The van der Waals surface area contributed by atoms with Crippen molar-refractivity contribution < 1.29 is 0 Å². The molecule has 19 heavy (non-hydrogen) atoms. The number of nitrogens with two attached hydrogens (primary N) is 1. The Hall–Kier alpha value is -0.130. The van der Waals surface area contributed by atoms with E-state index in [1.165, 1.54) is 6.42 Å². The van der Waals surface area contributed by atoms with Gasteiger partial charge in [-0.25, -0.2) is 0 Å². The van der Waals surface area contributed by atoms with Crippen LogP contribution in [0.15, 0.2) is 22.7 Å². The Morgan fingerprint density at radius 2 is 2.26 bits per heavy atom. The van der Waals surface area contributed by atoms with Gasteiger partial charge in [0.05, 0.1) is 0 Å². The molecular formula is C14H21BrClN3. The highest BCUT2D eigenvalue weighted by Crippen LogP contribution is 2.32. The van der Waals surface area contributed by atoms with Gasteiger partial charge in [-0.15, -0.1) is 0 Å². The minimum Gasteiger partial charge on any atom is -0.329 e. The Bertz CT molecular complexity index is 439. The lowest BCUT2D eigenvalue weighted by atomic mass is 10.1. The molecule has 1 fully saturated rings. The second kappa shape index (κ2) is 6.55. The van der Waals surface area contributed by atoms with Crippen LogP contribution in [0.4, 0.5) is 0 Å². The van der Waals surface area contributed by atoms with Crippen molar-refractivity contribution in [2.24, 2.45) is 5.73 Å². The lowest BCUT2D eigenvalue weighted by Crippen LogP contribution is -2.36. The summed E-state index contributed by atoms with van der Waals surface area (Å²) in [6, 6.07) is 6.80. The van der Waals surface area contributed by atoms with Crippen LogP contribution in [0, 0.1) is 0 Å². The number of rotatable bonds is 4. The second-order valence-corrected chi connectivity index (χ2v) is 6.64. The number of likely N-dealkylation sites (tertiary alicyclic amines) is 1. The molecule has 1 aliphatic heterocycles. The maximum atomic E-state index is 6.33. The Morgan fingerprint density at radius 1 is 1.53 bits per heavy atom. The summed E-state index contributed by atoms with van der Waals surface area (Å²) >= 11 is 9.84. The van der Waals surface area contributed by atoms with Crippen LogP contribution in [0.25, 0.3) is 0 Å². The molecule has 0 spiro atoms. The first kappa shape index (κ1) is 15.3. The average Bonchev–Trinajstić information content (AvgIpc) is 2.84. The van der Waals surface area contributed by atoms with Gasteiger partial charge in [-0.1, -0.05) is 27.5 Å². The number of likely N-dealkylation sites (N-methyl/N-ethyl adjacent to an activating group) is 1. The van der Waals surface area contributed by atoms with E-state index in [4.69, 9.17) is 17.3 Å². The van der Waals surface area contributed by atoms with Crippen LogP contribution < -0.4 is 5.73 Å². The summed E-state index contributed by atoms with van der Waals surface area (Å²) in [5.74, 6) is 0. The Morgan fingerprint density at radius 3 is 2.84 bits per heavy atom. The summed E-state index contributed by atoms with van der Waals surface area (Å²) < 4.78 is 1.05. The van der Waals surface area contributed by atoms with E-state index in [9.17, 15) is 0 Å². The molecule has 106 valence electrons. The first-order valence-electron chi connectivity index (χ1n) is 6.58. The maximum Gasteiger partial charge on any atom is 0.0486 e. The van der Waals surface area contributed by atoms with E-state index in [0.717, 1.165) is 28.1 Å².